The lowest BCUT2D eigenvalue weighted by Crippen LogP contribution is -2.38. The van der Waals surface area contributed by atoms with E-state index in [-0.39, 0.29) is 24.0 Å². The first-order valence-electron chi connectivity index (χ1n) is 9.13. The third kappa shape index (κ3) is 8.41. The van der Waals surface area contributed by atoms with Crippen LogP contribution in [0.1, 0.15) is 31.7 Å². The van der Waals surface area contributed by atoms with Crippen LogP contribution >= 0.6 is 35.6 Å². The van der Waals surface area contributed by atoms with E-state index < -0.39 is 0 Å². The summed E-state index contributed by atoms with van der Waals surface area (Å²) in [4.78, 5) is 6.78. The first-order valence-corrected chi connectivity index (χ1v) is 9.50. The highest BCUT2D eigenvalue weighted by molar-refractivity contribution is 14.0. The minimum Gasteiger partial charge on any atom is -0.379 e. The van der Waals surface area contributed by atoms with E-state index in [2.05, 4.69) is 22.1 Å². The molecule has 1 saturated heterocycles. The van der Waals surface area contributed by atoms with Crippen LogP contribution in [0.15, 0.2) is 29.3 Å². The van der Waals surface area contributed by atoms with Gasteiger partial charge in [-0.15, -0.1) is 24.0 Å². The lowest BCUT2D eigenvalue weighted by atomic mass is 10.2. The fourth-order valence-electron chi connectivity index (χ4n) is 2.77. The third-order valence-corrected chi connectivity index (χ3v) is 4.47. The van der Waals surface area contributed by atoms with E-state index in [4.69, 9.17) is 21.1 Å². The normalized spacial score (nSPS) is 17.0. The van der Waals surface area contributed by atoms with Crippen molar-refractivity contribution in [2.45, 2.75) is 38.8 Å². The highest BCUT2D eigenvalue weighted by Crippen LogP contribution is 2.16. The van der Waals surface area contributed by atoms with Gasteiger partial charge >= 0.3 is 0 Å². The maximum absolute atomic E-state index is 6.25. The summed E-state index contributed by atoms with van der Waals surface area (Å²) in [6, 6.07) is 7.91. The molecule has 148 valence electrons. The second-order valence-electron chi connectivity index (χ2n) is 6.25. The summed E-state index contributed by atoms with van der Waals surface area (Å²) < 4.78 is 11.2. The molecule has 0 spiro atoms. The molecule has 0 amide bonds. The van der Waals surface area contributed by atoms with E-state index in [1.165, 1.54) is 0 Å². The first kappa shape index (κ1) is 23.5. The Bertz CT molecular complexity index is 539. The number of aliphatic imine (C=N–C) groups is 1. The molecule has 1 atom stereocenters. The Morgan fingerprint density at radius 3 is 2.92 bits per heavy atom. The van der Waals surface area contributed by atoms with Crippen molar-refractivity contribution in [3.63, 3.8) is 0 Å². The fraction of sp³-hybridized carbons (Fsp3) is 0.632. The minimum atomic E-state index is 0. The van der Waals surface area contributed by atoms with Crippen molar-refractivity contribution in [3.05, 3.63) is 34.9 Å². The highest BCUT2D eigenvalue weighted by atomic mass is 127. The summed E-state index contributed by atoms with van der Waals surface area (Å²) in [5.74, 6) is 0.890. The summed E-state index contributed by atoms with van der Waals surface area (Å²) in [7, 11) is 2.03. The molecule has 0 bridgehead atoms. The van der Waals surface area contributed by atoms with Crippen LogP contribution < -0.4 is 5.32 Å². The van der Waals surface area contributed by atoms with E-state index in [1.807, 2.05) is 31.3 Å². The van der Waals surface area contributed by atoms with Crippen molar-refractivity contribution in [1.82, 2.24) is 10.2 Å². The van der Waals surface area contributed by atoms with Crippen LogP contribution in [0.5, 0.6) is 0 Å². The number of guanidine groups is 1. The predicted octanol–water partition coefficient (Wildman–Crippen LogP) is 3.94. The van der Waals surface area contributed by atoms with Crippen LogP contribution in [-0.2, 0) is 16.0 Å². The van der Waals surface area contributed by atoms with Gasteiger partial charge in [-0.05, 0) is 37.8 Å². The first-order chi connectivity index (χ1) is 12.2. The molecule has 1 aromatic carbocycles. The summed E-state index contributed by atoms with van der Waals surface area (Å²) in [5.41, 5.74) is 1.09. The van der Waals surface area contributed by atoms with Gasteiger partial charge in [0.1, 0.15) is 0 Å². The zero-order chi connectivity index (χ0) is 17.9. The zero-order valence-electron chi connectivity index (χ0n) is 15.7. The molecule has 1 heterocycles. The largest absolute Gasteiger partial charge is 0.379 e. The van der Waals surface area contributed by atoms with Crippen LogP contribution in [0.3, 0.4) is 0 Å². The van der Waals surface area contributed by atoms with Crippen LogP contribution in [0.2, 0.25) is 5.02 Å². The molecule has 1 unspecified atom stereocenters. The smallest absolute Gasteiger partial charge is 0.193 e. The Morgan fingerprint density at radius 2 is 2.23 bits per heavy atom. The molecule has 0 aromatic heterocycles. The van der Waals surface area contributed by atoms with Crippen LogP contribution in [0, 0.1) is 0 Å². The summed E-state index contributed by atoms with van der Waals surface area (Å²) in [5, 5.41) is 4.11. The molecule has 7 heteroatoms. The topological polar surface area (TPSA) is 46.1 Å². The molecule has 26 heavy (non-hydrogen) atoms. The second kappa shape index (κ2) is 13.6. The standard InChI is InChI=1S/C19H30ClN3O2.HI/c1-3-21-19(23(2)14-16-8-4-5-10-18(16)20)22-11-7-12-24-15-17-9-6-13-25-17;/h4-5,8,10,17H,3,6-7,9,11-15H2,1-2H3,(H,21,22);1H. The van der Waals surface area contributed by atoms with Crippen molar-refractivity contribution in [2.24, 2.45) is 4.99 Å². The van der Waals surface area contributed by atoms with Gasteiger partial charge in [0.25, 0.3) is 0 Å². The van der Waals surface area contributed by atoms with Crippen molar-refractivity contribution < 1.29 is 9.47 Å². The Hall–Kier alpha value is -0.570. The van der Waals surface area contributed by atoms with E-state index in [0.29, 0.717) is 12.7 Å². The number of hydrogen-bond acceptors (Lipinski definition) is 3. The van der Waals surface area contributed by atoms with Crippen molar-refractivity contribution in [2.75, 3.05) is 40.0 Å². The number of benzene rings is 1. The number of nitrogens with one attached hydrogen (secondary N) is 1. The van der Waals surface area contributed by atoms with Gasteiger partial charge in [-0.2, -0.15) is 0 Å². The maximum atomic E-state index is 6.25. The number of hydrogen-bond donors (Lipinski definition) is 1. The number of halogens is 2. The molecular formula is C19H31ClIN3O2. The molecular weight excluding hydrogens is 465 g/mol. The molecule has 1 aliphatic rings. The Kier molecular flexibility index (Phi) is 12.3. The van der Waals surface area contributed by atoms with Gasteiger partial charge in [0, 0.05) is 44.9 Å². The minimum absolute atomic E-state index is 0. The van der Waals surface area contributed by atoms with Gasteiger partial charge < -0.3 is 19.7 Å². The SMILES string of the molecule is CCNC(=NCCCOCC1CCCO1)N(C)Cc1ccccc1Cl.I. The van der Waals surface area contributed by atoms with Gasteiger partial charge in [0.2, 0.25) is 0 Å². The van der Waals surface area contributed by atoms with Gasteiger partial charge in [-0.1, -0.05) is 29.8 Å². The summed E-state index contributed by atoms with van der Waals surface area (Å²) >= 11 is 6.25. The van der Waals surface area contributed by atoms with Gasteiger partial charge in [0.05, 0.1) is 12.7 Å². The molecule has 5 nitrogen and oxygen atoms in total. The van der Waals surface area contributed by atoms with Crippen LogP contribution in [-0.4, -0.2) is 56.9 Å². The van der Waals surface area contributed by atoms with E-state index >= 15 is 0 Å². The van der Waals surface area contributed by atoms with E-state index in [1.54, 1.807) is 0 Å². The second-order valence-corrected chi connectivity index (χ2v) is 6.65. The quantitative estimate of drug-likeness (QED) is 0.244. The molecule has 0 radical (unpaired) electrons. The van der Waals surface area contributed by atoms with Crippen molar-refractivity contribution in [3.8, 4) is 0 Å². The van der Waals surface area contributed by atoms with Crippen LogP contribution in [0.25, 0.3) is 0 Å². The number of rotatable bonds is 9. The lowest BCUT2D eigenvalue weighted by molar-refractivity contribution is 0.0170. The Balaban J connectivity index is 0.00000338. The van der Waals surface area contributed by atoms with Crippen molar-refractivity contribution in [1.29, 1.82) is 0 Å². The molecule has 1 N–H and O–H groups in total. The molecule has 0 saturated carbocycles. The summed E-state index contributed by atoms with van der Waals surface area (Å²) in [6.45, 7) is 6.67. The average Bonchev–Trinajstić information content (AvgIpc) is 3.12. The van der Waals surface area contributed by atoms with Crippen LogP contribution in [0.4, 0.5) is 0 Å². The molecule has 1 aliphatic heterocycles. The highest BCUT2D eigenvalue weighted by Gasteiger charge is 2.15. The maximum Gasteiger partial charge on any atom is 0.193 e. The van der Waals surface area contributed by atoms with Crippen molar-refractivity contribution >= 4 is 41.5 Å². The zero-order valence-corrected chi connectivity index (χ0v) is 18.8. The average molecular weight is 496 g/mol. The molecule has 2 rings (SSSR count). The third-order valence-electron chi connectivity index (χ3n) is 4.10. The van der Waals surface area contributed by atoms with E-state index in [9.17, 15) is 0 Å². The van der Waals surface area contributed by atoms with Gasteiger partial charge in [-0.25, -0.2) is 0 Å². The van der Waals surface area contributed by atoms with Gasteiger partial charge in [-0.3, -0.25) is 4.99 Å². The number of ether oxygens (including phenoxy) is 2. The molecule has 1 aromatic rings. The Morgan fingerprint density at radius 1 is 1.42 bits per heavy atom. The van der Waals surface area contributed by atoms with Gasteiger partial charge in [0.15, 0.2) is 5.96 Å². The Labute approximate surface area is 179 Å². The summed E-state index contributed by atoms with van der Waals surface area (Å²) in [6.07, 6.45) is 3.47. The molecule has 0 aliphatic carbocycles. The van der Waals surface area contributed by atoms with E-state index in [0.717, 1.165) is 68.7 Å². The molecule has 1 fully saturated rings. The fourth-order valence-corrected chi connectivity index (χ4v) is 2.96. The predicted molar refractivity (Wildman–Crippen MR) is 119 cm³/mol. The monoisotopic (exact) mass is 495 g/mol. The lowest BCUT2D eigenvalue weighted by Gasteiger charge is -2.22. The number of nitrogens with zero attached hydrogens (tertiary/aromatic N) is 2.